The van der Waals surface area contributed by atoms with Crippen LogP contribution in [0.2, 0.25) is 0 Å². The molecule has 1 aliphatic carbocycles. The maximum absolute atomic E-state index is 10.0. The summed E-state index contributed by atoms with van der Waals surface area (Å²) >= 11 is 1.63. The van der Waals surface area contributed by atoms with Crippen molar-refractivity contribution in [2.24, 2.45) is 0 Å². The van der Waals surface area contributed by atoms with Gasteiger partial charge in [0.25, 0.3) is 0 Å². The molecule has 2 heterocycles. The van der Waals surface area contributed by atoms with Gasteiger partial charge in [0.1, 0.15) is 10.8 Å². The molecule has 4 nitrogen and oxygen atoms in total. The van der Waals surface area contributed by atoms with Crippen LogP contribution in [0.5, 0.6) is 0 Å². The Bertz CT molecular complexity index is 728. The van der Waals surface area contributed by atoms with Crippen LogP contribution in [-0.2, 0) is 12.8 Å². The second kappa shape index (κ2) is 4.68. The zero-order valence-corrected chi connectivity index (χ0v) is 11.8. The summed E-state index contributed by atoms with van der Waals surface area (Å²) in [6.45, 7) is 0. The van der Waals surface area contributed by atoms with Crippen molar-refractivity contribution in [2.45, 2.75) is 31.8 Å². The molecular weight excluding hydrogens is 270 g/mol. The van der Waals surface area contributed by atoms with E-state index in [0.717, 1.165) is 51.7 Å². The Hall–Kier alpha value is -1.72. The third kappa shape index (κ3) is 2.03. The number of imidazole rings is 1. The smallest absolute Gasteiger partial charge is 0.114 e. The molecule has 102 valence electrons. The summed E-state index contributed by atoms with van der Waals surface area (Å²) in [6.07, 6.45) is 3.27. The molecule has 20 heavy (non-hydrogen) atoms. The fourth-order valence-corrected chi connectivity index (χ4v) is 3.89. The quantitative estimate of drug-likeness (QED) is 0.761. The summed E-state index contributed by atoms with van der Waals surface area (Å²) < 4.78 is 0. The molecule has 0 saturated heterocycles. The number of aryl methyl sites for hydroxylation is 1. The molecule has 1 unspecified atom stereocenters. The molecular formula is C15H15N3OS. The molecule has 0 fully saturated rings. The number of aromatic nitrogens is 3. The van der Waals surface area contributed by atoms with E-state index < -0.39 is 0 Å². The molecule has 1 aliphatic rings. The minimum absolute atomic E-state index is 0.319. The number of aliphatic hydroxyl groups excluding tert-OH is 1. The van der Waals surface area contributed by atoms with Gasteiger partial charge in [0.2, 0.25) is 0 Å². The van der Waals surface area contributed by atoms with Gasteiger partial charge in [0.05, 0.1) is 34.1 Å². The van der Waals surface area contributed by atoms with E-state index >= 15 is 0 Å². The molecule has 0 spiro atoms. The predicted octanol–water partition coefficient (Wildman–Crippen LogP) is 2.98. The van der Waals surface area contributed by atoms with Crippen LogP contribution in [0.1, 0.15) is 40.3 Å². The Kier molecular flexibility index (Phi) is 2.82. The van der Waals surface area contributed by atoms with Crippen LogP contribution >= 0.6 is 11.3 Å². The molecule has 2 aromatic heterocycles. The minimum Gasteiger partial charge on any atom is -0.388 e. The third-order valence-corrected chi connectivity index (χ3v) is 4.92. The number of rotatable bonds is 2. The summed E-state index contributed by atoms with van der Waals surface area (Å²) in [7, 11) is 0. The number of benzene rings is 1. The highest BCUT2D eigenvalue weighted by Crippen LogP contribution is 2.34. The number of nitrogens with one attached hydrogen (secondary N) is 1. The number of hydrogen-bond acceptors (Lipinski definition) is 4. The van der Waals surface area contributed by atoms with E-state index in [1.54, 1.807) is 11.3 Å². The predicted molar refractivity (Wildman–Crippen MR) is 78.9 cm³/mol. The van der Waals surface area contributed by atoms with Crippen molar-refractivity contribution in [3.63, 3.8) is 0 Å². The number of aromatic amines is 1. The van der Waals surface area contributed by atoms with Crippen molar-refractivity contribution in [3.8, 4) is 0 Å². The zero-order valence-electron chi connectivity index (χ0n) is 11.0. The maximum Gasteiger partial charge on any atom is 0.114 e. The van der Waals surface area contributed by atoms with Crippen LogP contribution < -0.4 is 0 Å². The van der Waals surface area contributed by atoms with Gasteiger partial charge in [-0.05, 0) is 31.4 Å². The minimum atomic E-state index is -0.319. The van der Waals surface area contributed by atoms with Gasteiger partial charge in [-0.1, -0.05) is 12.1 Å². The highest BCUT2D eigenvalue weighted by atomic mass is 32.1. The van der Waals surface area contributed by atoms with Crippen molar-refractivity contribution in [1.29, 1.82) is 0 Å². The monoisotopic (exact) mass is 285 g/mol. The van der Waals surface area contributed by atoms with Crippen molar-refractivity contribution in [3.05, 3.63) is 45.7 Å². The first kappa shape index (κ1) is 12.1. The van der Waals surface area contributed by atoms with E-state index in [0.29, 0.717) is 6.42 Å². The van der Waals surface area contributed by atoms with Gasteiger partial charge in [0.15, 0.2) is 0 Å². The van der Waals surface area contributed by atoms with E-state index in [1.807, 2.05) is 24.3 Å². The van der Waals surface area contributed by atoms with Gasteiger partial charge in [0, 0.05) is 0 Å². The molecule has 4 rings (SSSR count). The molecule has 1 atom stereocenters. The highest BCUT2D eigenvalue weighted by Gasteiger charge is 2.22. The molecule has 2 N–H and O–H groups in total. The molecule has 5 heteroatoms. The summed E-state index contributed by atoms with van der Waals surface area (Å²) in [5.41, 5.74) is 3.13. The molecule has 3 aromatic rings. The van der Waals surface area contributed by atoms with Crippen molar-refractivity contribution < 1.29 is 5.11 Å². The fourth-order valence-electron chi connectivity index (χ4n) is 2.76. The number of hydrogen-bond donors (Lipinski definition) is 2. The SMILES string of the molecule is OC1CCCc2nc(Cc3nc4ccccc4[nH]3)sc21. The van der Waals surface area contributed by atoms with Gasteiger partial charge in [-0.2, -0.15) is 0 Å². The standard InChI is InChI=1S/C15H15N3OS/c19-12-7-3-6-11-15(12)20-14(18-11)8-13-16-9-4-1-2-5-10(9)17-13/h1-2,4-5,12,19H,3,6-8H2,(H,16,17). The Labute approximate surface area is 120 Å². The third-order valence-electron chi connectivity index (χ3n) is 3.72. The average Bonchev–Trinajstić information content (AvgIpc) is 3.02. The molecule has 0 radical (unpaired) electrons. The van der Waals surface area contributed by atoms with Gasteiger partial charge < -0.3 is 10.1 Å². The van der Waals surface area contributed by atoms with Crippen molar-refractivity contribution in [2.75, 3.05) is 0 Å². The van der Waals surface area contributed by atoms with E-state index in [2.05, 4.69) is 15.0 Å². The zero-order chi connectivity index (χ0) is 13.5. The van der Waals surface area contributed by atoms with Crippen LogP contribution in [0.4, 0.5) is 0 Å². The first-order valence-electron chi connectivity index (χ1n) is 6.90. The van der Waals surface area contributed by atoms with Gasteiger partial charge in [-0.15, -0.1) is 11.3 Å². The number of aliphatic hydroxyl groups is 1. The first-order chi connectivity index (χ1) is 9.79. The van der Waals surface area contributed by atoms with E-state index in [-0.39, 0.29) is 6.10 Å². The van der Waals surface area contributed by atoms with E-state index in [4.69, 9.17) is 0 Å². The van der Waals surface area contributed by atoms with Crippen molar-refractivity contribution >= 4 is 22.4 Å². The molecule has 0 saturated carbocycles. The van der Waals surface area contributed by atoms with Crippen LogP contribution in [-0.4, -0.2) is 20.1 Å². The number of para-hydroxylation sites is 2. The largest absolute Gasteiger partial charge is 0.388 e. The Balaban J connectivity index is 1.65. The Morgan fingerprint density at radius 2 is 2.20 bits per heavy atom. The van der Waals surface area contributed by atoms with E-state index in [1.165, 1.54) is 0 Å². The van der Waals surface area contributed by atoms with Crippen LogP contribution in [0.25, 0.3) is 11.0 Å². The summed E-state index contributed by atoms with van der Waals surface area (Å²) in [5, 5.41) is 11.0. The Morgan fingerprint density at radius 3 is 3.05 bits per heavy atom. The topological polar surface area (TPSA) is 61.8 Å². The lowest BCUT2D eigenvalue weighted by Crippen LogP contribution is -2.06. The molecule has 0 bridgehead atoms. The van der Waals surface area contributed by atoms with Gasteiger partial charge in [-0.25, -0.2) is 9.97 Å². The van der Waals surface area contributed by atoms with Crippen molar-refractivity contribution in [1.82, 2.24) is 15.0 Å². The number of thiazole rings is 1. The number of H-pyrrole nitrogens is 1. The lowest BCUT2D eigenvalue weighted by molar-refractivity contribution is 0.160. The number of nitrogens with zero attached hydrogens (tertiary/aromatic N) is 2. The lowest BCUT2D eigenvalue weighted by atomic mass is 10.0. The summed E-state index contributed by atoms with van der Waals surface area (Å²) in [4.78, 5) is 13.6. The molecule has 0 aliphatic heterocycles. The summed E-state index contributed by atoms with van der Waals surface area (Å²) in [5.74, 6) is 0.937. The second-order valence-electron chi connectivity index (χ2n) is 5.20. The van der Waals surface area contributed by atoms with E-state index in [9.17, 15) is 5.11 Å². The average molecular weight is 285 g/mol. The first-order valence-corrected chi connectivity index (χ1v) is 7.71. The fraction of sp³-hybridized carbons (Fsp3) is 0.333. The molecule has 0 amide bonds. The van der Waals surface area contributed by atoms with Gasteiger partial charge in [-0.3, -0.25) is 0 Å². The normalized spacial score (nSPS) is 18.4. The number of fused-ring (bicyclic) bond motifs is 2. The van der Waals surface area contributed by atoms with Crippen LogP contribution in [0, 0.1) is 0 Å². The van der Waals surface area contributed by atoms with Crippen LogP contribution in [0.15, 0.2) is 24.3 Å². The Morgan fingerprint density at radius 1 is 1.30 bits per heavy atom. The lowest BCUT2D eigenvalue weighted by Gasteiger charge is -2.14. The maximum atomic E-state index is 10.0. The molecule has 1 aromatic carbocycles. The highest BCUT2D eigenvalue weighted by molar-refractivity contribution is 7.11. The van der Waals surface area contributed by atoms with Crippen LogP contribution in [0.3, 0.4) is 0 Å². The van der Waals surface area contributed by atoms with Gasteiger partial charge >= 0.3 is 0 Å². The second-order valence-corrected chi connectivity index (χ2v) is 6.32. The summed E-state index contributed by atoms with van der Waals surface area (Å²) in [6, 6.07) is 8.03.